The van der Waals surface area contributed by atoms with E-state index in [2.05, 4.69) is 20.6 Å². The largest absolute Gasteiger partial charge is 0.377 e. The Kier molecular flexibility index (Phi) is 6.75. The van der Waals surface area contributed by atoms with E-state index in [1.54, 1.807) is 26.4 Å². The molecule has 0 saturated heterocycles. The lowest BCUT2D eigenvalue weighted by molar-refractivity contribution is 0.0268. The van der Waals surface area contributed by atoms with Crippen molar-refractivity contribution in [2.75, 3.05) is 27.2 Å². The summed E-state index contributed by atoms with van der Waals surface area (Å²) in [6.07, 6.45) is 2.65. The molecule has 0 amide bonds. The van der Waals surface area contributed by atoms with Crippen molar-refractivity contribution in [3.8, 4) is 0 Å². The van der Waals surface area contributed by atoms with Crippen LogP contribution < -0.4 is 10.6 Å². The average molecular weight is 299 g/mol. The van der Waals surface area contributed by atoms with Gasteiger partial charge >= 0.3 is 0 Å². The number of pyridine rings is 1. The number of ether oxygens (including phenoxy) is 1. The van der Waals surface area contributed by atoms with Crippen molar-refractivity contribution in [2.45, 2.75) is 25.9 Å². The normalized spacial score (nSPS) is 12.3. The second-order valence-electron chi connectivity index (χ2n) is 5.06. The number of nitrogens with one attached hydrogen (secondary N) is 2. The van der Waals surface area contributed by atoms with Gasteiger partial charge in [0.15, 0.2) is 5.96 Å². The van der Waals surface area contributed by atoms with E-state index in [-0.39, 0.29) is 5.60 Å². The summed E-state index contributed by atoms with van der Waals surface area (Å²) >= 11 is 5.75. The highest BCUT2D eigenvalue weighted by Crippen LogP contribution is 2.05. The first-order valence-corrected chi connectivity index (χ1v) is 6.95. The van der Waals surface area contributed by atoms with Gasteiger partial charge in [-0.25, -0.2) is 4.98 Å². The predicted octanol–water partition coefficient (Wildman–Crippen LogP) is 1.87. The van der Waals surface area contributed by atoms with Gasteiger partial charge in [-0.05, 0) is 31.9 Å². The third-order valence-corrected chi connectivity index (χ3v) is 3.18. The Hall–Kier alpha value is -1.33. The second kappa shape index (κ2) is 8.07. The molecule has 1 heterocycles. The summed E-state index contributed by atoms with van der Waals surface area (Å²) < 4.78 is 5.35. The van der Waals surface area contributed by atoms with Gasteiger partial charge in [0.05, 0.1) is 5.60 Å². The molecule has 0 atom stereocenters. The second-order valence-corrected chi connectivity index (χ2v) is 5.44. The smallest absolute Gasteiger partial charge is 0.191 e. The van der Waals surface area contributed by atoms with Gasteiger partial charge in [0.2, 0.25) is 0 Å². The summed E-state index contributed by atoms with van der Waals surface area (Å²) in [6, 6.07) is 3.77. The molecule has 1 aromatic heterocycles. The van der Waals surface area contributed by atoms with Crippen LogP contribution in [0.1, 0.15) is 19.4 Å². The first kappa shape index (κ1) is 16.7. The molecule has 0 unspecified atom stereocenters. The molecule has 0 aliphatic heterocycles. The number of guanidine groups is 1. The molecule has 0 aromatic carbocycles. The van der Waals surface area contributed by atoms with Crippen LogP contribution in [0.3, 0.4) is 0 Å². The molecule has 0 fully saturated rings. The highest BCUT2D eigenvalue weighted by Gasteiger charge is 2.16. The van der Waals surface area contributed by atoms with Crippen molar-refractivity contribution < 1.29 is 4.74 Å². The Bertz CT molecular complexity index is 431. The number of methoxy groups -OCH3 is 1. The van der Waals surface area contributed by atoms with E-state index in [4.69, 9.17) is 16.3 Å². The average Bonchev–Trinajstić information content (AvgIpc) is 2.44. The number of hydrogen-bond donors (Lipinski definition) is 2. The van der Waals surface area contributed by atoms with E-state index in [0.29, 0.717) is 11.7 Å². The lowest BCUT2D eigenvalue weighted by atomic mass is 10.1. The lowest BCUT2D eigenvalue weighted by Gasteiger charge is -2.24. The highest BCUT2D eigenvalue weighted by molar-refractivity contribution is 6.29. The molecular weight excluding hydrogens is 276 g/mol. The molecule has 6 heteroatoms. The van der Waals surface area contributed by atoms with Gasteiger partial charge in [0.25, 0.3) is 0 Å². The number of rotatable bonds is 6. The fourth-order valence-corrected chi connectivity index (χ4v) is 1.58. The predicted molar refractivity (Wildman–Crippen MR) is 83.4 cm³/mol. The van der Waals surface area contributed by atoms with Gasteiger partial charge in [0.1, 0.15) is 5.15 Å². The van der Waals surface area contributed by atoms with Crippen LogP contribution in [0.2, 0.25) is 5.15 Å². The molecule has 0 aliphatic rings. The molecule has 112 valence electrons. The maximum atomic E-state index is 5.75. The number of aromatic nitrogens is 1. The van der Waals surface area contributed by atoms with Gasteiger partial charge in [-0.15, -0.1) is 0 Å². The number of aliphatic imine (C=N–C) groups is 1. The van der Waals surface area contributed by atoms with E-state index in [0.717, 1.165) is 24.5 Å². The molecule has 1 rings (SSSR count). The fourth-order valence-electron chi connectivity index (χ4n) is 1.47. The minimum atomic E-state index is -0.224. The molecular formula is C14H23ClN4O. The molecule has 0 aliphatic carbocycles. The molecule has 0 bridgehead atoms. The van der Waals surface area contributed by atoms with Crippen LogP contribution >= 0.6 is 11.6 Å². The Morgan fingerprint density at radius 2 is 2.15 bits per heavy atom. The van der Waals surface area contributed by atoms with Gasteiger partial charge in [-0.1, -0.05) is 17.7 Å². The van der Waals surface area contributed by atoms with Crippen molar-refractivity contribution in [3.63, 3.8) is 0 Å². The van der Waals surface area contributed by atoms with Gasteiger partial charge in [-0.2, -0.15) is 0 Å². The van der Waals surface area contributed by atoms with E-state index >= 15 is 0 Å². The zero-order chi connectivity index (χ0) is 15.0. The Balaban J connectivity index is 2.33. The highest BCUT2D eigenvalue weighted by atomic mass is 35.5. The van der Waals surface area contributed by atoms with E-state index < -0.39 is 0 Å². The van der Waals surface area contributed by atoms with Gasteiger partial charge in [-0.3, -0.25) is 4.99 Å². The van der Waals surface area contributed by atoms with Crippen molar-refractivity contribution in [2.24, 2.45) is 4.99 Å². The summed E-state index contributed by atoms with van der Waals surface area (Å²) in [6.45, 7) is 5.50. The van der Waals surface area contributed by atoms with Crippen LogP contribution in [-0.4, -0.2) is 43.8 Å². The Labute approximate surface area is 125 Å². The summed E-state index contributed by atoms with van der Waals surface area (Å²) in [5, 5.41) is 7.00. The minimum Gasteiger partial charge on any atom is -0.377 e. The van der Waals surface area contributed by atoms with Crippen LogP contribution in [0.25, 0.3) is 0 Å². The maximum Gasteiger partial charge on any atom is 0.191 e. The zero-order valence-electron chi connectivity index (χ0n) is 12.5. The SMILES string of the molecule is CN=C(NCCc1ccc(Cl)nc1)NCC(C)(C)OC. The lowest BCUT2D eigenvalue weighted by Crippen LogP contribution is -2.45. The van der Waals surface area contributed by atoms with Crippen molar-refractivity contribution >= 4 is 17.6 Å². The van der Waals surface area contributed by atoms with Crippen molar-refractivity contribution in [3.05, 3.63) is 29.0 Å². The zero-order valence-corrected chi connectivity index (χ0v) is 13.3. The van der Waals surface area contributed by atoms with E-state index in [1.807, 2.05) is 19.9 Å². The summed E-state index contributed by atoms with van der Waals surface area (Å²) in [7, 11) is 3.45. The topological polar surface area (TPSA) is 58.5 Å². The summed E-state index contributed by atoms with van der Waals surface area (Å²) in [4.78, 5) is 8.22. The van der Waals surface area contributed by atoms with Crippen molar-refractivity contribution in [1.82, 2.24) is 15.6 Å². The van der Waals surface area contributed by atoms with Gasteiger partial charge in [0, 0.05) is 33.4 Å². The fraction of sp³-hybridized carbons (Fsp3) is 0.571. The molecule has 1 aromatic rings. The third-order valence-electron chi connectivity index (χ3n) is 2.95. The summed E-state index contributed by atoms with van der Waals surface area (Å²) in [5.74, 6) is 0.761. The molecule has 5 nitrogen and oxygen atoms in total. The van der Waals surface area contributed by atoms with Crippen LogP contribution in [0.15, 0.2) is 23.3 Å². The van der Waals surface area contributed by atoms with Gasteiger partial charge < -0.3 is 15.4 Å². The molecule has 0 spiro atoms. The first-order chi connectivity index (χ1) is 9.46. The molecule has 20 heavy (non-hydrogen) atoms. The Morgan fingerprint density at radius 1 is 1.40 bits per heavy atom. The van der Waals surface area contributed by atoms with Crippen LogP contribution in [-0.2, 0) is 11.2 Å². The number of hydrogen-bond acceptors (Lipinski definition) is 3. The van der Waals surface area contributed by atoms with Crippen LogP contribution in [0.4, 0.5) is 0 Å². The molecule has 2 N–H and O–H groups in total. The number of halogens is 1. The molecule has 0 saturated carbocycles. The van der Waals surface area contributed by atoms with Crippen LogP contribution in [0.5, 0.6) is 0 Å². The van der Waals surface area contributed by atoms with E-state index in [1.165, 1.54) is 0 Å². The van der Waals surface area contributed by atoms with Crippen molar-refractivity contribution in [1.29, 1.82) is 0 Å². The van der Waals surface area contributed by atoms with Crippen LogP contribution in [0, 0.1) is 0 Å². The number of nitrogens with zero attached hydrogens (tertiary/aromatic N) is 2. The van der Waals surface area contributed by atoms with E-state index in [9.17, 15) is 0 Å². The summed E-state index contributed by atoms with van der Waals surface area (Å²) in [5.41, 5.74) is 0.909. The standard InChI is InChI=1S/C14H23ClN4O/c1-14(2,20-4)10-19-13(16-3)17-8-7-11-5-6-12(15)18-9-11/h5-6,9H,7-8,10H2,1-4H3,(H2,16,17,19). The minimum absolute atomic E-state index is 0.224. The maximum absolute atomic E-state index is 5.75. The quantitative estimate of drug-likeness (QED) is 0.478. The monoisotopic (exact) mass is 298 g/mol. The molecule has 0 radical (unpaired) electrons. The Morgan fingerprint density at radius 3 is 2.70 bits per heavy atom. The third kappa shape index (κ3) is 6.21. The first-order valence-electron chi connectivity index (χ1n) is 6.57.